The Balaban J connectivity index is 2.01. The lowest BCUT2D eigenvalue weighted by molar-refractivity contribution is -0.157. The molecule has 102 valence electrons. The summed E-state index contributed by atoms with van der Waals surface area (Å²) in [7, 11) is 1.35. The van der Waals surface area contributed by atoms with E-state index in [2.05, 4.69) is 0 Å². The van der Waals surface area contributed by atoms with Crippen LogP contribution in [0.1, 0.15) is 12.0 Å². The molecule has 1 heterocycles. The van der Waals surface area contributed by atoms with Gasteiger partial charge in [-0.15, -0.1) is 0 Å². The summed E-state index contributed by atoms with van der Waals surface area (Å²) >= 11 is 0. The van der Waals surface area contributed by atoms with Gasteiger partial charge < -0.3 is 14.2 Å². The normalized spacial score (nSPS) is 14.8. The number of hydrogen-bond acceptors (Lipinski definition) is 4. The lowest BCUT2D eigenvalue weighted by Gasteiger charge is -2.27. The monoisotopic (exact) mass is 270 g/mol. The van der Waals surface area contributed by atoms with E-state index in [1.807, 2.05) is 54.6 Å². The van der Waals surface area contributed by atoms with Crippen LogP contribution in [0.3, 0.4) is 0 Å². The van der Waals surface area contributed by atoms with Gasteiger partial charge in [0.05, 0.1) is 7.11 Å². The highest BCUT2D eigenvalue weighted by atomic mass is 16.7. The molecule has 2 aromatic carbocycles. The van der Waals surface area contributed by atoms with Crippen molar-refractivity contribution in [1.29, 1.82) is 0 Å². The van der Waals surface area contributed by atoms with Gasteiger partial charge in [-0.3, -0.25) is 4.79 Å². The number of esters is 1. The van der Waals surface area contributed by atoms with Gasteiger partial charge in [-0.05, 0) is 12.1 Å². The fraction of sp³-hybridized carbons (Fsp3) is 0.188. The van der Waals surface area contributed by atoms with Gasteiger partial charge in [-0.2, -0.15) is 0 Å². The van der Waals surface area contributed by atoms with E-state index in [1.54, 1.807) is 0 Å². The maximum atomic E-state index is 11.7. The Labute approximate surface area is 116 Å². The van der Waals surface area contributed by atoms with Crippen LogP contribution in [0.15, 0.2) is 54.6 Å². The summed E-state index contributed by atoms with van der Waals surface area (Å²) in [6, 6.07) is 16.8. The summed E-state index contributed by atoms with van der Waals surface area (Å²) < 4.78 is 16.6. The molecule has 0 amide bonds. The van der Waals surface area contributed by atoms with E-state index in [-0.39, 0.29) is 12.4 Å². The van der Waals surface area contributed by atoms with E-state index in [1.165, 1.54) is 7.11 Å². The molecule has 1 aliphatic rings. The van der Waals surface area contributed by atoms with Crippen LogP contribution in [0.2, 0.25) is 0 Å². The minimum Gasteiger partial charge on any atom is -0.469 e. The van der Waals surface area contributed by atoms with Crippen molar-refractivity contribution in [3.8, 4) is 11.5 Å². The molecule has 4 nitrogen and oxygen atoms in total. The molecule has 0 aliphatic carbocycles. The van der Waals surface area contributed by atoms with Crippen molar-refractivity contribution >= 4 is 5.97 Å². The molecule has 0 bridgehead atoms. The van der Waals surface area contributed by atoms with Crippen molar-refractivity contribution in [3.05, 3.63) is 60.2 Å². The van der Waals surface area contributed by atoms with Gasteiger partial charge in [-0.1, -0.05) is 42.5 Å². The lowest BCUT2D eigenvalue weighted by Crippen LogP contribution is -2.38. The first-order valence-electron chi connectivity index (χ1n) is 6.33. The van der Waals surface area contributed by atoms with Crippen molar-refractivity contribution in [3.63, 3.8) is 0 Å². The molecule has 0 fully saturated rings. The SMILES string of the molecule is COC(=O)CC1(c2ccccc2)Oc2ccccc2O1. The third-order valence-electron chi connectivity index (χ3n) is 3.22. The number of benzene rings is 2. The average molecular weight is 270 g/mol. The maximum Gasteiger partial charge on any atom is 0.313 e. The van der Waals surface area contributed by atoms with E-state index in [0.29, 0.717) is 11.5 Å². The number of fused-ring (bicyclic) bond motifs is 1. The number of carbonyl (C=O) groups excluding carboxylic acids is 1. The Morgan fingerprint density at radius 3 is 2.10 bits per heavy atom. The average Bonchev–Trinajstić information content (AvgIpc) is 2.87. The molecule has 20 heavy (non-hydrogen) atoms. The molecule has 1 aliphatic heterocycles. The van der Waals surface area contributed by atoms with E-state index >= 15 is 0 Å². The highest BCUT2D eigenvalue weighted by Crippen LogP contribution is 2.45. The van der Waals surface area contributed by atoms with Crippen LogP contribution in [-0.4, -0.2) is 13.1 Å². The van der Waals surface area contributed by atoms with Crippen molar-refractivity contribution in [2.45, 2.75) is 12.2 Å². The minimum absolute atomic E-state index is 0.0117. The molecule has 0 atom stereocenters. The number of para-hydroxylation sites is 2. The molecule has 3 rings (SSSR count). The van der Waals surface area contributed by atoms with Crippen LogP contribution >= 0.6 is 0 Å². The highest BCUT2D eigenvalue weighted by molar-refractivity contribution is 5.71. The van der Waals surface area contributed by atoms with E-state index < -0.39 is 5.79 Å². The molecular weight excluding hydrogens is 256 g/mol. The van der Waals surface area contributed by atoms with Crippen molar-refractivity contribution in [2.75, 3.05) is 7.11 Å². The zero-order valence-corrected chi connectivity index (χ0v) is 11.0. The van der Waals surface area contributed by atoms with E-state index in [4.69, 9.17) is 14.2 Å². The van der Waals surface area contributed by atoms with Gasteiger partial charge in [0.2, 0.25) is 0 Å². The largest absolute Gasteiger partial charge is 0.469 e. The standard InChI is InChI=1S/C16H14O4/c1-18-15(17)11-16(12-7-3-2-4-8-12)19-13-9-5-6-10-14(13)20-16/h2-10H,11H2,1H3. The second kappa shape index (κ2) is 4.89. The molecule has 2 aromatic rings. The number of methoxy groups -OCH3 is 1. The molecule has 0 N–H and O–H groups in total. The molecule has 0 aromatic heterocycles. The van der Waals surface area contributed by atoms with Crippen molar-refractivity contribution in [1.82, 2.24) is 0 Å². The molecule has 0 unspecified atom stereocenters. The molecule has 0 saturated carbocycles. The van der Waals surface area contributed by atoms with Crippen LogP contribution in [0, 0.1) is 0 Å². The number of ether oxygens (including phenoxy) is 3. The van der Waals surface area contributed by atoms with Crippen LogP contribution in [0.5, 0.6) is 11.5 Å². The first-order chi connectivity index (χ1) is 9.73. The minimum atomic E-state index is -1.15. The highest BCUT2D eigenvalue weighted by Gasteiger charge is 2.45. The zero-order valence-electron chi connectivity index (χ0n) is 11.0. The number of carbonyl (C=O) groups is 1. The van der Waals surface area contributed by atoms with Gasteiger partial charge in [0.15, 0.2) is 11.5 Å². The molecular formula is C16H14O4. The van der Waals surface area contributed by atoms with E-state index in [9.17, 15) is 4.79 Å². The van der Waals surface area contributed by atoms with Gasteiger partial charge in [0, 0.05) is 5.56 Å². The summed E-state index contributed by atoms with van der Waals surface area (Å²) in [4.78, 5) is 11.7. The lowest BCUT2D eigenvalue weighted by atomic mass is 10.0. The van der Waals surface area contributed by atoms with Gasteiger partial charge in [-0.25, -0.2) is 0 Å². The first kappa shape index (κ1) is 12.5. The van der Waals surface area contributed by atoms with Gasteiger partial charge >= 0.3 is 5.97 Å². The fourth-order valence-corrected chi connectivity index (χ4v) is 2.24. The second-order valence-corrected chi connectivity index (χ2v) is 4.52. The third-order valence-corrected chi connectivity index (χ3v) is 3.22. The third kappa shape index (κ3) is 2.09. The Kier molecular flexibility index (Phi) is 3.06. The topological polar surface area (TPSA) is 44.8 Å². The van der Waals surface area contributed by atoms with Gasteiger partial charge in [0.1, 0.15) is 6.42 Å². The Hall–Kier alpha value is -2.49. The van der Waals surface area contributed by atoms with Gasteiger partial charge in [0.25, 0.3) is 5.79 Å². The Bertz CT molecular complexity index is 596. The predicted octanol–water partition coefficient (Wildman–Crippen LogP) is 2.87. The summed E-state index contributed by atoms with van der Waals surface area (Å²) in [6.07, 6.45) is -0.0117. The second-order valence-electron chi connectivity index (χ2n) is 4.52. The summed E-state index contributed by atoms with van der Waals surface area (Å²) in [5.41, 5.74) is 0.779. The zero-order chi connectivity index (χ0) is 14.0. The Morgan fingerprint density at radius 2 is 1.55 bits per heavy atom. The number of hydrogen-bond donors (Lipinski definition) is 0. The van der Waals surface area contributed by atoms with Crippen molar-refractivity contribution < 1.29 is 19.0 Å². The maximum absolute atomic E-state index is 11.7. The van der Waals surface area contributed by atoms with Crippen LogP contribution < -0.4 is 9.47 Å². The van der Waals surface area contributed by atoms with E-state index in [0.717, 1.165) is 5.56 Å². The molecule has 0 saturated heterocycles. The summed E-state index contributed by atoms with van der Waals surface area (Å²) in [5.74, 6) is -0.292. The quantitative estimate of drug-likeness (QED) is 0.804. The summed E-state index contributed by atoms with van der Waals surface area (Å²) in [5, 5.41) is 0. The first-order valence-corrected chi connectivity index (χ1v) is 6.33. The number of rotatable bonds is 3. The molecule has 0 spiro atoms. The van der Waals surface area contributed by atoms with Crippen molar-refractivity contribution in [2.24, 2.45) is 0 Å². The predicted molar refractivity (Wildman–Crippen MR) is 72.5 cm³/mol. The fourth-order valence-electron chi connectivity index (χ4n) is 2.24. The smallest absolute Gasteiger partial charge is 0.313 e. The Morgan fingerprint density at radius 1 is 1.00 bits per heavy atom. The van der Waals surface area contributed by atoms with Crippen LogP contribution in [0.25, 0.3) is 0 Å². The van der Waals surface area contributed by atoms with Crippen LogP contribution in [0.4, 0.5) is 0 Å². The van der Waals surface area contributed by atoms with Crippen LogP contribution in [-0.2, 0) is 15.3 Å². The molecule has 0 radical (unpaired) electrons. The molecule has 4 heteroatoms. The summed E-state index contributed by atoms with van der Waals surface area (Å²) in [6.45, 7) is 0.